The molecule has 1 aliphatic heterocycles. The van der Waals surface area contributed by atoms with Gasteiger partial charge in [0.2, 0.25) is 5.91 Å². The van der Waals surface area contributed by atoms with E-state index in [1.54, 1.807) is 13.4 Å². The molecule has 2 unspecified atom stereocenters. The summed E-state index contributed by atoms with van der Waals surface area (Å²) in [5, 5.41) is 14.0. The second-order valence-corrected chi connectivity index (χ2v) is 8.26. The number of nitrogens with one attached hydrogen (secondary N) is 2. The zero-order valence-electron chi connectivity index (χ0n) is 18.7. The van der Waals surface area contributed by atoms with Crippen molar-refractivity contribution in [2.24, 2.45) is 5.92 Å². The third-order valence-corrected chi connectivity index (χ3v) is 5.83. The van der Waals surface area contributed by atoms with Crippen LogP contribution in [-0.4, -0.2) is 59.0 Å². The summed E-state index contributed by atoms with van der Waals surface area (Å²) >= 11 is 6.49. The van der Waals surface area contributed by atoms with Crippen LogP contribution in [-0.2, 0) is 20.9 Å². The number of alkyl halides is 3. The van der Waals surface area contributed by atoms with E-state index in [4.69, 9.17) is 26.2 Å². The van der Waals surface area contributed by atoms with E-state index in [1.807, 2.05) is 47.0 Å². The van der Waals surface area contributed by atoms with Gasteiger partial charge >= 0.3 is 12.1 Å². The molecule has 1 amide bonds. The Hall–Kier alpha value is -3.15. The lowest BCUT2D eigenvalue weighted by Gasteiger charge is -2.28. The maximum Gasteiger partial charge on any atom is 0.490 e. The second-order valence-electron chi connectivity index (χ2n) is 7.85. The van der Waals surface area contributed by atoms with Crippen molar-refractivity contribution in [3.05, 3.63) is 59.4 Å². The van der Waals surface area contributed by atoms with E-state index in [1.165, 1.54) is 0 Å². The van der Waals surface area contributed by atoms with Crippen molar-refractivity contribution in [2.45, 2.75) is 25.2 Å². The Morgan fingerprint density at radius 3 is 2.63 bits per heavy atom. The highest BCUT2D eigenvalue weighted by Gasteiger charge is 2.38. The summed E-state index contributed by atoms with van der Waals surface area (Å²) in [7, 11) is 1.68. The number of carbonyl (C=O) groups is 2. The van der Waals surface area contributed by atoms with Gasteiger partial charge in [0.1, 0.15) is 6.33 Å². The first kappa shape index (κ1) is 26.5. The minimum absolute atomic E-state index is 0.0231. The Bertz CT molecular complexity index is 1190. The quantitative estimate of drug-likeness (QED) is 0.483. The predicted molar refractivity (Wildman–Crippen MR) is 123 cm³/mol. The Morgan fingerprint density at radius 2 is 1.97 bits per heavy atom. The summed E-state index contributed by atoms with van der Waals surface area (Å²) in [4.78, 5) is 25.8. The number of carboxylic acids is 1. The van der Waals surface area contributed by atoms with Crippen LogP contribution < -0.4 is 10.6 Å². The van der Waals surface area contributed by atoms with Gasteiger partial charge in [0.25, 0.3) is 0 Å². The molecule has 0 aliphatic carbocycles. The predicted octanol–water partition coefficient (Wildman–Crippen LogP) is 3.55. The second kappa shape index (κ2) is 11.5. The number of methoxy groups -OCH3 is 1. The Balaban J connectivity index is 0.000000429. The normalized spacial score (nSPS) is 18.0. The lowest BCUT2D eigenvalue weighted by Crippen LogP contribution is -2.46. The summed E-state index contributed by atoms with van der Waals surface area (Å²) < 4.78 is 39.1. The maximum atomic E-state index is 12.5. The van der Waals surface area contributed by atoms with Gasteiger partial charge in [-0.2, -0.15) is 13.2 Å². The van der Waals surface area contributed by atoms with Crippen LogP contribution in [0.3, 0.4) is 0 Å². The molecule has 2 aromatic carbocycles. The lowest BCUT2D eigenvalue weighted by atomic mass is 9.96. The average Bonchev–Trinajstić information content (AvgIpc) is 3.27. The molecule has 2 atom stereocenters. The fourth-order valence-corrected chi connectivity index (χ4v) is 3.84. The molecular formula is C23H24ClF3N4O4. The number of imidazole rings is 1. The minimum Gasteiger partial charge on any atom is -0.475 e. The van der Waals surface area contributed by atoms with Crippen LogP contribution in [0.5, 0.6) is 0 Å². The van der Waals surface area contributed by atoms with E-state index >= 15 is 0 Å². The molecule has 12 heteroatoms. The Morgan fingerprint density at radius 1 is 1.26 bits per heavy atom. The van der Waals surface area contributed by atoms with Crippen LogP contribution in [0, 0.1) is 5.92 Å². The molecule has 0 spiro atoms. The highest BCUT2D eigenvalue weighted by Crippen LogP contribution is 2.24. The molecular weight excluding hydrogens is 489 g/mol. The average molecular weight is 513 g/mol. The molecule has 8 nitrogen and oxygen atoms in total. The van der Waals surface area contributed by atoms with E-state index in [0.717, 1.165) is 35.2 Å². The SMILES string of the molecule is COC1CNCC(C(=O)NCc2ccc(-n3cnc4ccccc43)cc2Cl)C1.O=C(O)C(F)(F)F. The summed E-state index contributed by atoms with van der Waals surface area (Å²) in [6.07, 6.45) is -2.48. The van der Waals surface area contributed by atoms with Crippen LogP contribution >= 0.6 is 11.6 Å². The molecule has 0 radical (unpaired) electrons. The number of carbonyl (C=O) groups excluding carboxylic acids is 1. The standard InChI is InChI=1S/C21H23ClN4O2.C2HF3O2/c1-28-17-8-15(10-23-12-17)21(27)24-11-14-6-7-16(9-18(14)22)26-13-25-19-4-2-3-5-20(19)26;3-2(4,5)1(6)7/h2-7,9,13,15,17,23H,8,10-12H2,1H3,(H,24,27);(H,6,7). The van der Waals surface area contributed by atoms with Gasteiger partial charge in [-0.3, -0.25) is 9.36 Å². The van der Waals surface area contributed by atoms with Crippen molar-refractivity contribution in [1.29, 1.82) is 0 Å². The van der Waals surface area contributed by atoms with Gasteiger partial charge in [-0.05, 0) is 36.2 Å². The van der Waals surface area contributed by atoms with Crippen LogP contribution in [0.2, 0.25) is 5.02 Å². The molecule has 0 saturated carbocycles. The van der Waals surface area contributed by atoms with Crippen molar-refractivity contribution < 1.29 is 32.6 Å². The molecule has 1 saturated heterocycles. The molecule has 1 aliphatic rings. The van der Waals surface area contributed by atoms with E-state index in [2.05, 4.69) is 15.6 Å². The first-order valence-electron chi connectivity index (χ1n) is 10.6. The minimum atomic E-state index is -5.08. The van der Waals surface area contributed by atoms with Crippen molar-refractivity contribution in [1.82, 2.24) is 20.2 Å². The van der Waals surface area contributed by atoms with Gasteiger partial charge in [-0.1, -0.05) is 29.8 Å². The monoisotopic (exact) mass is 512 g/mol. The van der Waals surface area contributed by atoms with E-state index in [-0.39, 0.29) is 17.9 Å². The third-order valence-electron chi connectivity index (χ3n) is 5.48. The van der Waals surface area contributed by atoms with Gasteiger partial charge in [-0.25, -0.2) is 9.78 Å². The van der Waals surface area contributed by atoms with Crippen LogP contribution in [0.1, 0.15) is 12.0 Å². The smallest absolute Gasteiger partial charge is 0.475 e. The van der Waals surface area contributed by atoms with Gasteiger partial charge < -0.3 is 20.5 Å². The van der Waals surface area contributed by atoms with Gasteiger partial charge in [-0.15, -0.1) is 0 Å². The fraction of sp³-hybridized carbons (Fsp3) is 0.348. The van der Waals surface area contributed by atoms with Crippen molar-refractivity contribution in [3.8, 4) is 5.69 Å². The number of halogens is 4. The number of aromatic nitrogens is 2. The molecule has 35 heavy (non-hydrogen) atoms. The topological polar surface area (TPSA) is 105 Å². The molecule has 2 heterocycles. The molecule has 1 fully saturated rings. The zero-order chi connectivity index (χ0) is 25.6. The van der Waals surface area contributed by atoms with Crippen LogP contribution in [0.4, 0.5) is 13.2 Å². The number of aliphatic carboxylic acids is 1. The number of benzene rings is 2. The number of para-hydroxylation sites is 2. The number of nitrogens with zero attached hydrogens (tertiary/aromatic N) is 2. The summed E-state index contributed by atoms with van der Waals surface area (Å²) in [5.74, 6) is -2.82. The maximum absolute atomic E-state index is 12.5. The van der Waals surface area contributed by atoms with Crippen LogP contribution in [0.15, 0.2) is 48.8 Å². The lowest BCUT2D eigenvalue weighted by molar-refractivity contribution is -0.192. The highest BCUT2D eigenvalue weighted by molar-refractivity contribution is 6.31. The first-order chi connectivity index (χ1) is 16.6. The van der Waals surface area contributed by atoms with Crippen LogP contribution in [0.25, 0.3) is 16.7 Å². The van der Waals surface area contributed by atoms with E-state index in [0.29, 0.717) is 18.1 Å². The first-order valence-corrected chi connectivity index (χ1v) is 11.0. The Labute approximate surface area is 204 Å². The molecule has 3 N–H and O–H groups in total. The summed E-state index contributed by atoms with van der Waals surface area (Å²) in [6.45, 7) is 1.86. The van der Waals surface area contributed by atoms with Crippen molar-refractivity contribution >= 4 is 34.5 Å². The molecule has 1 aromatic heterocycles. The summed E-state index contributed by atoms with van der Waals surface area (Å²) in [5.41, 5.74) is 3.78. The number of rotatable bonds is 5. The number of piperidine rings is 1. The van der Waals surface area contributed by atoms with Gasteiger partial charge in [0, 0.05) is 37.5 Å². The zero-order valence-corrected chi connectivity index (χ0v) is 19.4. The Kier molecular flexibility index (Phi) is 8.71. The molecule has 4 rings (SSSR count). The van der Waals surface area contributed by atoms with Gasteiger partial charge in [0.05, 0.1) is 23.1 Å². The van der Waals surface area contributed by atoms with Crippen molar-refractivity contribution in [2.75, 3.05) is 20.2 Å². The van der Waals surface area contributed by atoms with E-state index in [9.17, 15) is 18.0 Å². The fourth-order valence-electron chi connectivity index (χ4n) is 3.60. The highest BCUT2D eigenvalue weighted by atomic mass is 35.5. The number of amides is 1. The van der Waals surface area contributed by atoms with Crippen molar-refractivity contribution in [3.63, 3.8) is 0 Å². The van der Waals surface area contributed by atoms with Gasteiger partial charge in [0.15, 0.2) is 0 Å². The number of hydrogen-bond donors (Lipinski definition) is 3. The number of carboxylic acid groups (broad SMARTS) is 1. The number of fused-ring (bicyclic) bond motifs is 1. The molecule has 0 bridgehead atoms. The number of hydrogen-bond acceptors (Lipinski definition) is 5. The van der Waals surface area contributed by atoms with E-state index < -0.39 is 12.1 Å². The molecule has 3 aromatic rings. The molecule has 188 valence electrons. The third kappa shape index (κ3) is 6.93. The largest absolute Gasteiger partial charge is 0.490 e. The number of ether oxygens (including phenoxy) is 1. The summed E-state index contributed by atoms with van der Waals surface area (Å²) in [6, 6.07) is 13.8.